The molecule has 1 N–H and O–H groups in total. The zero-order chi connectivity index (χ0) is 12.1. The number of nitrogens with zero attached hydrogens (tertiary/aromatic N) is 1. The number of aliphatic carboxylic acids is 1. The topological polar surface area (TPSA) is 89.7 Å². The van der Waals surface area contributed by atoms with E-state index < -0.39 is 22.4 Å². The summed E-state index contributed by atoms with van der Waals surface area (Å²) in [6, 6.07) is 3.39. The molecule has 6 nitrogen and oxygen atoms in total. The van der Waals surface area contributed by atoms with E-state index in [9.17, 15) is 19.3 Å². The number of rotatable bonds is 5. The van der Waals surface area contributed by atoms with Crippen molar-refractivity contribution in [2.75, 3.05) is 6.61 Å². The highest BCUT2D eigenvalue weighted by molar-refractivity contribution is 5.66. The van der Waals surface area contributed by atoms with E-state index in [2.05, 4.69) is 0 Å². The van der Waals surface area contributed by atoms with E-state index >= 15 is 0 Å². The summed E-state index contributed by atoms with van der Waals surface area (Å²) in [5.41, 5.74) is -0.784. The van der Waals surface area contributed by atoms with Gasteiger partial charge < -0.3 is 9.84 Å². The molecule has 0 unspecified atom stereocenters. The third-order valence-electron chi connectivity index (χ3n) is 1.71. The van der Waals surface area contributed by atoms with Crippen LogP contribution in [0, 0.1) is 15.9 Å². The van der Waals surface area contributed by atoms with Crippen molar-refractivity contribution >= 4 is 11.7 Å². The zero-order valence-electron chi connectivity index (χ0n) is 8.05. The van der Waals surface area contributed by atoms with Gasteiger partial charge >= 0.3 is 11.7 Å². The summed E-state index contributed by atoms with van der Waals surface area (Å²) in [5, 5.41) is 18.8. The van der Waals surface area contributed by atoms with Gasteiger partial charge in [0.25, 0.3) is 0 Å². The second-order valence-electron chi connectivity index (χ2n) is 2.84. The minimum atomic E-state index is -1.10. The van der Waals surface area contributed by atoms with Crippen molar-refractivity contribution in [2.24, 2.45) is 0 Å². The van der Waals surface area contributed by atoms with Crippen molar-refractivity contribution in [3.8, 4) is 5.75 Å². The van der Waals surface area contributed by atoms with Crippen LogP contribution in [0.5, 0.6) is 5.75 Å². The molecule has 7 heteroatoms. The molecule has 0 spiro atoms. The number of carboxylic acid groups (broad SMARTS) is 1. The molecule has 0 aliphatic rings. The van der Waals surface area contributed by atoms with Gasteiger partial charge in [0.05, 0.1) is 18.0 Å². The molecule has 1 rings (SSSR count). The Morgan fingerprint density at radius 1 is 1.56 bits per heavy atom. The van der Waals surface area contributed by atoms with Crippen molar-refractivity contribution < 1.29 is 24.0 Å². The number of hydrogen-bond donors (Lipinski definition) is 1. The van der Waals surface area contributed by atoms with Crippen LogP contribution < -0.4 is 4.74 Å². The molecule has 0 fully saturated rings. The Balaban J connectivity index is 2.83. The Morgan fingerprint density at radius 2 is 2.25 bits per heavy atom. The van der Waals surface area contributed by atoms with Gasteiger partial charge in [0.2, 0.25) is 5.82 Å². The van der Waals surface area contributed by atoms with E-state index in [1.807, 2.05) is 0 Å². The minimum absolute atomic E-state index is 0.250. The molecule has 0 saturated carbocycles. The lowest BCUT2D eigenvalue weighted by Gasteiger charge is -2.05. The van der Waals surface area contributed by atoms with Gasteiger partial charge in [-0.2, -0.15) is 4.39 Å². The third kappa shape index (κ3) is 2.91. The lowest BCUT2D eigenvalue weighted by atomic mass is 10.3. The van der Waals surface area contributed by atoms with Crippen LogP contribution in [0.1, 0.15) is 6.42 Å². The van der Waals surface area contributed by atoms with Gasteiger partial charge in [-0.15, -0.1) is 0 Å². The van der Waals surface area contributed by atoms with Crippen molar-refractivity contribution in [3.63, 3.8) is 0 Å². The SMILES string of the molecule is O=C(O)CCOc1cccc(F)c1[N+](=O)[O-]. The molecule has 0 atom stereocenters. The van der Waals surface area contributed by atoms with Crippen molar-refractivity contribution in [3.05, 3.63) is 34.1 Å². The van der Waals surface area contributed by atoms with Crippen LogP contribution in [-0.2, 0) is 4.79 Å². The number of halogens is 1. The molecule has 0 saturated heterocycles. The first-order valence-corrected chi connectivity index (χ1v) is 4.30. The monoisotopic (exact) mass is 229 g/mol. The van der Waals surface area contributed by atoms with Crippen LogP contribution in [0.25, 0.3) is 0 Å². The molecule has 0 aliphatic carbocycles. The van der Waals surface area contributed by atoms with Gasteiger partial charge in [-0.25, -0.2) is 0 Å². The van der Waals surface area contributed by atoms with Crippen LogP contribution in [-0.4, -0.2) is 22.6 Å². The Morgan fingerprint density at radius 3 is 2.81 bits per heavy atom. The fourth-order valence-electron chi connectivity index (χ4n) is 1.04. The number of carboxylic acids is 1. The number of nitro groups is 1. The van der Waals surface area contributed by atoms with E-state index in [-0.39, 0.29) is 18.8 Å². The maximum Gasteiger partial charge on any atom is 0.346 e. The van der Waals surface area contributed by atoms with Gasteiger partial charge in [-0.1, -0.05) is 6.07 Å². The number of para-hydroxylation sites is 1. The van der Waals surface area contributed by atoms with Gasteiger partial charge in [0, 0.05) is 0 Å². The van der Waals surface area contributed by atoms with Gasteiger partial charge in [0.15, 0.2) is 5.75 Å². The number of benzene rings is 1. The van der Waals surface area contributed by atoms with Crippen molar-refractivity contribution in [1.82, 2.24) is 0 Å². The van der Waals surface area contributed by atoms with Gasteiger partial charge in [-0.05, 0) is 12.1 Å². The Hall–Kier alpha value is -2.18. The first-order valence-electron chi connectivity index (χ1n) is 4.30. The zero-order valence-corrected chi connectivity index (χ0v) is 8.05. The molecule has 0 aliphatic heterocycles. The summed E-state index contributed by atoms with van der Waals surface area (Å²) in [4.78, 5) is 19.8. The van der Waals surface area contributed by atoms with Crippen molar-refractivity contribution in [2.45, 2.75) is 6.42 Å². The Bertz CT molecular complexity index is 420. The fourth-order valence-corrected chi connectivity index (χ4v) is 1.04. The molecule has 0 bridgehead atoms. The van der Waals surface area contributed by atoms with E-state index in [0.29, 0.717) is 0 Å². The standard InChI is InChI=1S/C9H8FNO5/c10-6-2-1-3-7(9(6)11(14)15)16-5-4-8(12)13/h1-3H,4-5H2,(H,12,13). The lowest BCUT2D eigenvalue weighted by Crippen LogP contribution is -2.06. The summed E-state index contributed by atoms with van der Waals surface area (Å²) in [6.45, 7) is -0.250. The number of hydrogen-bond acceptors (Lipinski definition) is 4. The maximum atomic E-state index is 13.0. The first-order chi connectivity index (χ1) is 7.52. The number of nitro benzene ring substituents is 1. The minimum Gasteiger partial charge on any atom is -0.486 e. The van der Waals surface area contributed by atoms with Gasteiger partial charge in [0.1, 0.15) is 0 Å². The van der Waals surface area contributed by atoms with Crippen LogP contribution in [0.15, 0.2) is 18.2 Å². The second kappa shape index (κ2) is 5.06. The second-order valence-corrected chi connectivity index (χ2v) is 2.84. The van der Waals surface area contributed by atoms with Crippen molar-refractivity contribution in [1.29, 1.82) is 0 Å². The van der Waals surface area contributed by atoms with Crippen LogP contribution in [0.4, 0.5) is 10.1 Å². The van der Waals surface area contributed by atoms with Gasteiger partial charge in [-0.3, -0.25) is 14.9 Å². The summed E-state index contributed by atoms with van der Waals surface area (Å²) < 4.78 is 17.9. The molecule has 0 amide bonds. The summed E-state index contributed by atoms with van der Waals surface area (Å²) in [6.07, 6.45) is -0.312. The number of ether oxygens (including phenoxy) is 1. The molecule has 86 valence electrons. The largest absolute Gasteiger partial charge is 0.486 e. The summed E-state index contributed by atoms with van der Waals surface area (Å²) in [7, 11) is 0. The third-order valence-corrected chi connectivity index (χ3v) is 1.71. The highest BCUT2D eigenvalue weighted by atomic mass is 19.1. The maximum absolute atomic E-state index is 13.0. The number of carbonyl (C=O) groups is 1. The molecule has 1 aromatic rings. The first kappa shape index (κ1) is 11.9. The Kier molecular flexibility index (Phi) is 3.76. The predicted octanol–water partition coefficient (Wildman–Crippen LogP) is 1.59. The van der Waals surface area contributed by atoms with Crippen LogP contribution in [0.2, 0.25) is 0 Å². The lowest BCUT2D eigenvalue weighted by molar-refractivity contribution is -0.388. The summed E-state index contributed by atoms with van der Waals surface area (Å²) >= 11 is 0. The van der Waals surface area contributed by atoms with E-state index in [1.54, 1.807) is 0 Å². The smallest absolute Gasteiger partial charge is 0.346 e. The normalized spacial score (nSPS) is 9.81. The molecule has 0 radical (unpaired) electrons. The van der Waals surface area contributed by atoms with E-state index in [1.165, 1.54) is 12.1 Å². The quantitative estimate of drug-likeness (QED) is 0.611. The average molecular weight is 229 g/mol. The average Bonchev–Trinajstić information content (AvgIpc) is 2.16. The Labute approximate surface area is 89.4 Å². The highest BCUT2D eigenvalue weighted by Gasteiger charge is 2.21. The molecule has 1 aromatic carbocycles. The fraction of sp³-hybridized carbons (Fsp3) is 0.222. The van der Waals surface area contributed by atoms with Crippen LogP contribution >= 0.6 is 0 Å². The van der Waals surface area contributed by atoms with E-state index in [0.717, 1.165) is 6.07 Å². The predicted molar refractivity (Wildman–Crippen MR) is 50.8 cm³/mol. The van der Waals surface area contributed by atoms with Crippen LogP contribution in [0.3, 0.4) is 0 Å². The molecular formula is C9H8FNO5. The molecule has 0 heterocycles. The molecular weight excluding hydrogens is 221 g/mol. The highest BCUT2D eigenvalue weighted by Crippen LogP contribution is 2.29. The molecule has 16 heavy (non-hydrogen) atoms. The molecule has 0 aromatic heterocycles. The summed E-state index contributed by atoms with van der Waals surface area (Å²) in [5.74, 6) is -2.39. The van der Waals surface area contributed by atoms with E-state index in [4.69, 9.17) is 9.84 Å².